The number of hydrogen-bond donors (Lipinski definition) is 1. The second-order valence-corrected chi connectivity index (χ2v) is 5.67. The van der Waals surface area contributed by atoms with E-state index in [4.69, 9.17) is 14.2 Å². The van der Waals surface area contributed by atoms with Crippen LogP contribution < -0.4 is 19.5 Å². The lowest BCUT2D eigenvalue weighted by molar-refractivity contribution is -0.385. The van der Waals surface area contributed by atoms with Crippen molar-refractivity contribution in [1.82, 2.24) is 4.98 Å². The van der Waals surface area contributed by atoms with Gasteiger partial charge >= 0.3 is 0 Å². The van der Waals surface area contributed by atoms with Crippen molar-refractivity contribution in [3.63, 3.8) is 0 Å². The van der Waals surface area contributed by atoms with Gasteiger partial charge in [-0.3, -0.25) is 14.9 Å². The lowest BCUT2D eigenvalue weighted by atomic mass is 10.1. The summed E-state index contributed by atoms with van der Waals surface area (Å²) in [4.78, 5) is 27.0. The summed E-state index contributed by atoms with van der Waals surface area (Å²) in [6.07, 6.45) is 1.11. The van der Waals surface area contributed by atoms with Crippen LogP contribution in [0.25, 0.3) is 0 Å². The highest BCUT2D eigenvalue weighted by Crippen LogP contribution is 2.39. The van der Waals surface area contributed by atoms with Gasteiger partial charge in [-0.15, -0.1) is 0 Å². The highest BCUT2D eigenvalue weighted by Gasteiger charge is 2.19. The molecule has 0 fully saturated rings. The minimum Gasteiger partial charge on any atom is -0.490 e. The Morgan fingerprint density at radius 2 is 1.64 bits per heavy atom. The predicted octanol–water partition coefficient (Wildman–Crippen LogP) is 3.75. The number of aromatic nitrogens is 1. The Kier molecular flexibility index (Phi) is 7.14. The van der Waals surface area contributed by atoms with E-state index in [0.29, 0.717) is 42.6 Å². The molecule has 9 heteroatoms. The maximum absolute atomic E-state index is 12.7. The Morgan fingerprint density at radius 3 is 2.11 bits per heavy atom. The van der Waals surface area contributed by atoms with Crippen LogP contribution in [0.4, 0.5) is 11.5 Å². The van der Waals surface area contributed by atoms with E-state index in [2.05, 4.69) is 10.3 Å². The molecule has 0 atom stereocenters. The largest absolute Gasteiger partial charge is 0.490 e. The van der Waals surface area contributed by atoms with Crippen molar-refractivity contribution in [2.75, 3.05) is 25.1 Å². The number of hydrogen-bond acceptors (Lipinski definition) is 7. The number of rotatable bonds is 9. The number of nitrogens with zero attached hydrogens (tertiary/aromatic N) is 2. The molecule has 0 bridgehead atoms. The van der Waals surface area contributed by atoms with E-state index >= 15 is 0 Å². The van der Waals surface area contributed by atoms with Crippen LogP contribution >= 0.6 is 0 Å². The van der Waals surface area contributed by atoms with Crippen LogP contribution in [0, 0.1) is 17.0 Å². The molecule has 0 aliphatic heterocycles. The molecule has 1 aromatic carbocycles. The Balaban J connectivity index is 2.36. The van der Waals surface area contributed by atoms with Gasteiger partial charge in [0.25, 0.3) is 11.6 Å². The number of anilines is 1. The number of carbonyl (C=O) groups is 1. The Labute approximate surface area is 162 Å². The summed E-state index contributed by atoms with van der Waals surface area (Å²) in [7, 11) is 0. The van der Waals surface area contributed by atoms with Crippen LogP contribution in [-0.2, 0) is 0 Å². The average Bonchev–Trinajstić information content (AvgIpc) is 2.64. The standard InChI is InChI=1S/C19H23N3O6/c1-5-26-15-9-13(10-16(27-6-2)18(15)28-7-3)19(23)21-17-8-12(4)14(11-20-17)22(24)25/h8-11H,5-7H2,1-4H3,(H,20,21,23). The van der Waals surface area contributed by atoms with Gasteiger partial charge in [-0.05, 0) is 45.9 Å². The summed E-state index contributed by atoms with van der Waals surface area (Å²) < 4.78 is 16.8. The van der Waals surface area contributed by atoms with Gasteiger partial charge in [0.1, 0.15) is 12.0 Å². The number of amides is 1. The third kappa shape index (κ3) is 4.87. The second kappa shape index (κ2) is 9.54. The molecular weight excluding hydrogens is 366 g/mol. The van der Waals surface area contributed by atoms with Crippen molar-refractivity contribution in [2.45, 2.75) is 27.7 Å². The molecule has 9 nitrogen and oxygen atoms in total. The molecule has 0 radical (unpaired) electrons. The fraction of sp³-hybridized carbons (Fsp3) is 0.368. The van der Waals surface area contributed by atoms with Crippen molar-refractivity contribution in [2.24, 2.45) is 0 Å². The van der Waals surface area contributed by atoms with E-state index in [-0.39, 0.29) is 17.1 Å². The van der Waals surface area contributed by atoms with E-state index in [9.17, 15) is 14.9 Å². The lowest BCUT2D eigenvalue weighted by Crippen LogP contribution is -2.14. The maximum atomic E-state index is 12.7. The van der Waals surface area contributed by atoms with Crippen LogP contribution in [-0.4, -0.2) is 35.6 Å². The van der Waals surface area contributed by atoms with Gasteiger partial charge in [0, 0.05) is 11.1 Å². The smallest absolute Gasteiger partial charge is 0.290 e. The summed E-state index contributed by atoms with van der Waals surface area (Å²) in [6, 6.07) is 4.56. The predicted molar refractivity (Wildman–Crippen MR) is 104 cm³/mol. The first-order valence-electron chi connectivity index (χ1n) is 8.90. The topological polar surface area (TPSA) is 113 Å². The molecule has 2 aromatic rings. The van der Waals surface area contributed by atoms with Crippen LogP contribution in [0.1, 0.15) is 36.7 Å². The summed E-state index contributed by atoms with van der Waals surface area (Å²) in [6.45, 7) is 8.26. The minimum absolute atomic E-state index is 0.115. The normalized spacial score (nSPS) is 10.3. The SMILES string of the molecule is CCOc1cc(C(=O)Nc2cc(C)c([N+](=O)[O-])cn2)cc(OCC)c1OCC. The van der Waals surface area contributed by atoms with Crippen LogP contribution in [0.3, 0.4) is 0 Å². The monoisotopic (exact) mass is 389 g/mol. The zero-order valence-corrected chi connectivity index (χ0v) is 16.3. The lowest BCUT2D eigenvalue weighted by Gasteiger charge is -2.17. The van der Waals surface area contributed by atoms with E-state index in [1.165, 1.54) is 6.07 Å². The number of aryl methyl sites for hydroxylation is 1. The van der Waals surface area contributed by atoms with Gasteiger partial charge in [-0.1, -0.05) is 0 Å². The second-order valence-electron chi connectivity index (χ2n) is 5.67. The maximum Gasteiger partial charge on any atom is 0.290 e. The molecule has 0 saturated carbocycles. The minimum atomic E-state index is -0.525. The first-order chi connectivity index (χ1) is 13.4. The van der Waals surface area contributed by atoms with Gasteiger partial charge in [0.2, 0.25) is 5.75 Å². The number of nitro groups is 1. The van der Waals surface area contributed by atoms with Crippen LogP contribution in [0.2, 0.25) is 0 Å². The quantitative estimate of drug-likeness (QED) is 0.513. The van der Waals surface area contributed by atoms with Gasteiger partial charge in [-0.2, -0.15) is 0 Å². The molecule has 2 rings (SSSR count). The van der Waals surface area contributed by atoms with E-state index in [1.54, 1.807) is 19.1 Å². The number of pyridine rings is 1. The van der Waals surface area contributed by atoms with E-state index < -0.39 is 10.8 Å². The van der Waals surface area contributed by atoms with Crippen molar-refractivity contribution in [3.8, 4) is 17.2 Å². The van der Waals surface area contributed by atoms with E-state index in [0.717, 1.165) is 6.20 Å². The molecule has 0 spiro atoms. The van der Waals surface area contributed by atoms with Gasteiger partial charge in [-0.25, -0.2) is 4.98 Å². The molecule has 0 saturated heterocycles. The average molecular weight is 389 g/mol. The highest BCUT2D eigenvalue weighted by atomic mass is 16.6. The summed E-state index contributed by atoms with van der Waals surface area (Å²) in [5.74, 6) is 0.984. The van der Waals surface area contributed by atoms with Crippen molar-refractivity contribution < 1.29 is 23.9 Å². The third-order valence-electron chi connectivity index (χ3n) is 3.69. The first-order valence-corrected chi connectivity index (χ1v) is 8.90. The fourth-order valence-corrected chi connectivity index (χ4v) is 2.52. The molecule has 1 aromatic heterocycles. The summed E-state index contributed by atoms with van der Waals surface area (Å²) in [5, 5.41) is 13.5. The molecule has 28 heavy (non-hydrogen) atoms. The molecule has 1 heterocycles. The first kappa shape index (κ1) is 20.9. The van der Waals surface area contributed by atoms with Gasteiger partial charge < -0.3 is 19.5 Å². The molecular formula is C19H23N3O6. The van der Waals surface area contributed by atoms with E-state index in [1.807, 2.05) is 20.8 Å². The third-order valence-corrected chi connectivity index (χ3v) is 3.69. The van der Waals surface area contributed by atoms with Crippen molar-refractivity contribution >= 4 is 17.4 Å². The molecule has 0 aliphatic carbocycles. The molecule has 150 valence electrons. The number of benzene rings is 1. The molecule has 0 aliphatic rings. The van der Waals surface area contributed by atoms with Crippen LogP contribution in [0.15, 0.2) is 24.4 Å². The number of ether oxygens (including phenoxy) is 3. The highest BCUT2D eigenvalue weighted by molar-refractivity contribution is 6.04. The number of carbonyl (C=O) groups excluding carboxylic acids is 1. The number of nitrogens with one attached hydrogen (secondary N) is 1. The zero-order chi connectivity index (χ0) is 20.7. The fourth-order valence-electron chi connectivity index (χ4n) is 2.52. The van der Waals surface area contributed by atoms with Crippen molar-refractivity contribution in [3.05, 3.63) is 45.6 Å². The molecule has 1 N–H and O–H groups in total. The van der Waals surface area contributed by atoms with Crippen LogP contribution in [0.5, 0.6) is 17.2 Å². The molecule has 1 amide bonds. The summed E-state index contributed by atoms with van der Waals surface area (Å²) in [5.41, 5.74) is 0.566. The Bertz CT molecular complexity index is 842. The van der Waals surface area contributed by atoms with Gasteiger partial charge in [0.05, 0.1) is 24.7 Å². The Hall–Kier alpha value is -3.36. The summed E-state index contributed by atoms with van der Waals surface area (Å²) >= 11 is 0. The van der Waals surface area contributed by atoms with Gasteiger partial charge in [0.15, 0.2) is 11.5 Å². The zero-order valence-electron chi connectivity index (χ0n) is 16.3. The Morgan fingerprint density at radius 1 is 1.07 bits per heavy atom. The van der Waals surface area contributed by atoms with Crippen molar-refractivity contribution in [1.29, 1.82) is 0 Å². The molecule has 0 unspecified atom stereocenters.